The fraction of sp³-hybridized carbons (Fsp3) is 0.211. The van der Waals surface area contributed by atoms with Crippen molar-refractivity contribution in [2.45, 2.75) is 36.1 Å². The van der Waals surface area contributed by atoms with Crippen LogP contribution in [0.5, 0.6) is 0 Å². The molecule has 0 spiro atoms. The van der Waals surface area contributed by atoms with E-state index in [2.05, 4.69) is 4.98 Å². The van der Waals surface area contributed by atoms with Gasteiger partial charge in [0.05, 0.1) is 4.90 Å². The molecule has 0 atom stereocenters. The van der Waals surface area contributed by atoms with Crippen molar-refractivity contribution in [2.75, 3.05) is 0 Å². The van der Waals surface area contributed by atoms with E-state index in [4.69, 9.17) is 16.0 Å². The summed E-state index contributed by atoms with van der Waals surface area (Å²) in [6, 6.07) is 15.4. The second-order valence-corrected chi connectivity index (χ2v) is 7.98. The van der Waals surface area contributed by atoms with Crippen molar-refractivity contribution in [3.8, 4) is 11.5 Å². The van der Waals surface area contributed by atoms with Gasteiger partial charge >= 0.3 is 0 Å². The van der Waals surface area contributed by atoms with Crippen molar-refractivity contribution >= 4 is 21.4 Å². The largest absolute Gasteiger partial charge is 0.440 e. The number of halogens is 1. The Bertz CT molecular complexity index is 948. The molecular formula is C19H18ClNO3S. The quantitative estimate of drug-likeness (QED) is 0.596. The number of rotatable bonds is 6. The number of benzene rings is 2. The first-order valence-corrected chi connectivity index (χ1v) is 9.94. The van der Waals surface area contributed by atoms with Gasteiger partial charge in [0.2, 0.25) is 20.8 Å². The van der Waals surface area contributed by atoms with Gasteiger partial charge < -0.3 is 4.42 Å². The van der Waals surface area contributed by atoms with Crippen molar-refractivity contribution < 1.29 is 12.8 Å². The van der Waals surface area contributed by atoms with E-state index in [1.165, 1.54) is 12.1 Å². The van der Waals surface area contributed by atoms with Crippen molar-refractivity contribution in [3.63, 3.8) is 0 Å². The summed E-state index contributed by atoms with van der Waals surface area (Å²) in [5.74, 6) is 0.717. The fourth-order valence-corrected chi connectivity index (χ4v) is 3.96. The highest BCUT2D eigenvalue weighted by atomic mass is 35.5. The minimum atomic E-state index is -3.77. The van der Waals surface area contributed by atoms with E-state index >= 15 is 0 Å². The van der Waals surface area contributed by atoms with Crippen molar-refractivity contribution in [2.24, 2.45) is 0 Å². The van der Waals surface area contributed by atoms with E-state index in [9.17, 15) is 8.42 Å². The van der Waals surface area contributed by atoms with Crippen molar-refractivity contribution in [1.82, 2.24) is 4.98 Å². The second kappa shape index (κ2) is 7.42. The van der Waals surface area contributed by atoms with Crippen molar-refractivity contribution in [3.05, 3.63) is 65.4 Å². The van der Waals surface area contributed by atoms with Gasteiger partial charge in [-0.05, 0) is 42.8 Å². The number of unbranched alkanes of at least 4 members (excludes halogenated alkanes) is 1. The number of aryl methyl sites for hydroxylation is 1. The Hall–Kier alpha value is -2.11. The van der Waals surface area contributed by atoms with Crippen LogP contribution in [0.25, 0.3) is 11.5 Å². The zero-order chi connectivity index (χ0) is 17.9. The number of hydrogen-bond donors (Lipinski definition) is 0. The van der Waals surface area contributed by atoms with Gasteiger partial charge in [-0.3, -0.25) is 0 Å². The minimum Gasteiger partial charge on any atom is -0.440 e. The molecule has 3 aromatic rings. The van der Waals surface area contributed by atoms with Crippen LogP contribution < -0.4 is 0 Å². The molecule has 0 aliphatic rings. The monoisotopic (exact) mass is 375 g/mol. The second-order valence-electron chi connectivity index (χ2n) is 5.67. The van der Waals surface area contributed by atoms with Crippen LogP contribution in [-0.2, 0) is 16.3 Å². The molecule has 1 aromatic heterocycles. The maximum atomic E-state index is 13.0. The predicted octanol–water partition coefficient (Wildman–Crippen LogP) is 5.17. The SMILES string of the molecule is CCCCc1oc(-c2ccccc2)nc1S(=O)(=O)c1ccc(Cl)cc1. The number of oxazole rings is 1. The maximum absolute atomic E-state index is 13.0. The van der Waals surface area contributed by atoms with E-state index in [1.54, 1.807) is 12.1 Å². The molecule has 6 heteroatoms. The molecule has 0 fully saturated rings. The molecule has 1 heterocycles. The molecule has 0 aliphatic carbocycles. The molecular weight excluding hydrogens is 358 g/mol. The Kier molecular flexibility index (Phi) is 5.25. The lowest BCUT2D eigenvalue weighted by Crippen LogP contribution is -2.05. The summed E-state index contributed by atoms with van der Waals surface area (Å²) < 4.78 is 31.8. The summed E-state index contributed by atoms with van der Waals surface area (Å²) in [4.78, 5) is 4.47. The van der Waals surface area contributed by atoms with Crippen LogP contribution in [0.3, 0.4) is 0 Å². The summed E-state index contributed by atoms with van der Waals surface area (Å²) in [6.45, 7) is 2.04. The molecule has 0 saturated carbocycles. The third kappa shape index (κ3) is 3.78. The Morgan fingerprint density at radius 1 is 1.04 bits per heavy atom. The molecule has 0 unspecified atom stereocenters. The van der Waals surface area contributed by atoms with Gasteiger partial charge in [0.15, 0.2) is 0 Å². The lowest BCUT2D eigenvalue weighted by Gasteiger charge is -2.03. The van der Waals surface area contributed by atoms with E-state index < -0.39 is 9.84 Å². The lowest BCUT2D eigenvalue weighted by atomic mass is 10.2. The number of aromatic nitrogens is 1. The van der Waals surface area contributed by atoms with Crippen molar-refractivity contribution in [1.29, 1.82) is 0 Å². The van der Waals surface area contributed by atoms with Gasteiger partial charge in [-0.25, -0.2) is 8.42 Å². The van der Waals surface area contributed by atoms with Crippen LogP contribution >= 0.6 is 11.6 Å². The Balaban J connectivity index is 2.10. The molecule has 4 nitrogen and oxygen atoms in total. The van der Waals surface area contributed by atoms with E-state index in [1.807, 2.05) is 37.3 Å². The van der Waals surface area contributed by atoms with Gasteiger partial charge in [-0.2, -0.15) is 4.98 Å². The normalized spacial score (nSPS) is 11.6. The van der Waals surface area contributed by atoms with Gasteiger partial charge in [0.1, 0.15) is 5.76 Å². The highest BCUT2D eigenvalue weighted by Crippen LogP contribution is 2.30. The van der Waals surface area contributed by atoms with E-state index in [0.29, 0.717) is 23.1 Å². The first kappa shape index (κ1) is 17.7. The standard InChI is InChI=1S/C19H18ClNO3S/c1-2-3-9-17-19(21-18(24-17)14-7-5-4-6-8-14)25(22,23)16-12-10-15(20)11-13-16/h4-8,10-13H,2-3,9H2,1H3. The summed E-state index contributed by atoms with van der Waals surface area (Å²) in [5, 5.41) is 0.470. The molecule has 0 amide bonds. The van der Waals surface area contributed by atoms with E-state index in [0.717, 1.165) is 18.4 Å². The zero-order valence-electron chi connectivity index (χ0n) is 13.8. The third-order valence-electron chi connectivity index (χ3n) is 3.82. The third-order valence-corrected chi connectivity index (χ3v) is 5.79. The van der Waals surface area contributed by atoms with Crippen LogP contribution in [0, 0.1) is 0 Å². The summed E-state index contributed by atoms with van der Waals surface area (Å²) in [6.07, 6.45) is 2.28. The molecule has 3 rings (SSSR count). The van der Waals surface area contributed by atoms with Gasteiger partial charge in [0, 0.05) is 17.0 Å². The average Bonchev–Trinajstić information content (AvgIpc) is 3.06. The van der Waals surface area contributed by atoms with Crippen LogP contribution in [0.1, 0.15) is 25.5 Å². The van der Waals surface area contributed by atoms with Crippen LogP contribution in [-0.4, -0.2) is 13.4 Å². The first-order valence-electron chi connectivity index (χ1n) is 8.08. The summed E-state index contributed by atoms with van der Waals surface area (Å²) >= 11 is 5.86. The summed E-state index contributed by atoms with van der Waals surface area (Å²) in [7, 11) is -3.77. The number of hydrogen-bond acceptors (Lipinski definition) is 4. The Labute approximate surface area is 152 Å². The average molecular weight is 376 g/mol. The van der Waals surface area contributed by atoms with Crippen LogP contribution in [0.15, 0.2) is 68.9 Å². The lowest BCUT2D eigenvalue weighted by molar-refractivity contribution is 0.498. The highest BCUT2D eigenvalue weighted by Gasteiger charge is 2.27. The Morgan fingerprint density at radius 2 is 1.72 bits per heavy atom. The topological polar surface area (TPSA) is 60.2 Å². The molecule has 0 aliphatic heterocycles. The fourth-order valence-electron chi connectivity index (χ4n) is 2.47. The molecule has 0 bridgehead atoms. The molecule has 25 heavy (non-hydrogen) atoms. The Morgan fingerprint density at radius 3 is 2.36 bits per heavy atom. The molecule has 0 N–H and O–H groups in total. The maximum Gasteiger partial charge on any atom is 0.227 e. The molecule has 130 valence electrons. The highest BCUT2D eigenvalue weighted by molar-refractivity contribution is 7.91. The predicted molar refractivity (Wildman–Crippen MR) is 97.5 cm³/mol. The van der Waals surface area contributed by atoms with Gasteiger partial charge in [0.25, 0.3) is 0 Å². The molecule has 0 saturated heterocycles. The smallest absolute Gasteiger partial charge is 0.227 e. The number of nitrogens with zero attached hydrogens (tertiary/aromatic N) is 1. The van der Waals surface area contributed by atoms with Gasteiger partial charge in [-0.15, -0.1) is 0 Å². The molecule has 0 radical (unpaired) electrons. The van der Waals surface area contributed by atoms with Gasteiger partial charge in [-0.1, -0.05) is 43.1 Å². The number of sulfone groups is 1. The first-order chi connectivity index (χ1) is 12.0. The van der Waals surface area contributed by atoms with E-state index in [-0.39, 0.29) is 9.92 Å². The minimum absolute atomic E-state index is 0.0119. The van der Waals surface area contributed by atoms with Crippen LogP contribution in [0.2, 0.25) is 5.02 Å². The van der Waals surface area contributed by atoms with Crippen LogP contribution in [0.4, 0.5) is 0 Å². The zero-order valence-corrected chi connectivity index (χ0v) is 15.3. The molecule has 2 aromatic carbocycles. The summed E-state index contributed by atoms with van der Waals surface area (Å²) in [5.41, 5.74) is 0.748.